The molecule has 102 valence electrons. The fourth-order valence-corrected chi connectivity index (χ4v) is 2.58. The summed E-state index contributed by atoms with van der Waals surface area (Å²) in [6, 6.07) is 0.339. The number of ether oxygens (including phenoxy) is 1. The van der Waals surface area contributed by atoms with Crippen molar-refractivity contribution in [2.24, 2.45) is 5.92 Å². The molecule has 1 aliphatic rings. The first-order valence-electron chi connectivity index (χ1n) is 6.54. The molecular weight excluding hydrogens is 224 g/mol. The summed E-state index contributed by atoms with van der Waals surface area (Å²) in [7, 11) is 3.62. The third-order valence-corrected chi connectivity index (χ3v) is 3.86. The predicted molar refractivity (Wildman–Crippen MR) is 65.5 cm³/mol. The molecule has 0 saturated heterocycles. The molecule has 1 rings (SSSR count). The molecule has 0 heterocycles. The molecule has 1 fully saturated rings. The lowest BCUT2D eigenvalue weighted by Gasteiger charge is -2.21. The van der Waals surface area contributed by atoms with Crippen molar-refractivity contribution in [1.82, 2.24) is 5.32 Å². The largest absolute Gasteiger partial charge is 0.382 e. The SMILES string of the molecule is CNC(CCC(C)OC)CC1CCC(F)(F)C1. The standard InChI is InChI=1S/C13H25F2NO/c1-10(17-3)4-5-12(16-2)8-11-6-7-13(14,15)9-11/h10-12,16H,4-9H2,1-3H3. The maximum absolute atomic E-state index is 13.1. The summed E-state index contributed by atoms with van der Waals surface area (Å²) in [5.74, 6) is -2.23. The second kappa shape index (κ2) is 6.64. The Morgan fingerprint density at radius 2 is 2.12 bits per heavy atom. The minimum Gasteiger partial charge on any atom is -0.382 e. The van der Waals surface area contributed by atoms with E-state index in [0.717, 1.165) is 19.3 Å². The van der Waals surface area contributed by atoms with Gasteiger partial charge in [0.25, 0.3) is 0 Å². The Morgan fingerprint density at radius 1 is 1.41 bits per heavy atom. The van der Waals surface area contributed by atoms with Gasteiger partial charge in [-0.2, -0.15) is 0 Å². The number of alkyl halides is 2. The minimum atomic E-state index is -2.41. The second-order valence-corrected chi connectivity index (χ2v) is 5.31. The predicted octanol–water partition coefficient (Wildman–Crippen LogP) is 3.22. The van der Waals surface area contributed by atoms with Crippen molar-refractivity contribution in [3.63, 3.8) is 0 Å². The summed E-state index contributed by atoms with van der Waals surface area (Å²) in [6.07, 6.45) is 3.90. The number of methoxy groups -OCH3 is 1. The van der Waals surface area contributed by atoms with Crippen LogP contribution in [0.5, 0.6) is 0 Å². The van der Waals surface area contributed by atoms with Crippen molar-refractivity contribution in [1.29, 1.82) is 0 Å². The van der Waals surface area contributed by atoms with Crippen LogP contribution in [0.4, 0.5) is 8.78 Å². The summed E-state index contributed by atoms with van der Waals surface area (Å²) in [4.78, 5) is 0. The highest BCUT2D eigenvalue weighted by molar-refractivity contribution is 4.84. The van der Waals surface area contributed by atoms with Gasteiger partial charge in [-0.25, -0.2) is 8.78 Å². The third-order valence-electron chi connectivity index (χ3n) is 3.86. The molecule has 0 aliphatic heterocycles. The normalized spacial score (nSPS) is 27.0. The van der Waals surface area contributed by atoms with Gasteiger partial charge in [0, 0.05) is 26.0 Å². The molecule has 0 aromatic heterocycles. The smallest absolute Gasteiger partial charge is 0.248 e. The van der Waals surface area contributed by atoms with E-state index < -0.39 is 5.92 Å². The zero-order chi connectivity index (χ0) is 12.9. The number of halogens is 2. The molecule has 0 bridgehead atoms. The zero-order valence-electron chi connectivity index (χ0n) is 11.1. The Kier molecular flexibility index (Phi) is 5.80. The molecule has 17 heavy (non-hydrogen) atoms. The highest BCUT2D eigenvalue weighted by Gasteiger charge is 2.39. The van der Waals surface area contributed by atoms with Crippen LogP contribution in [0.2, 0.25) is 0 Å². The maximum Gasteiger partial charge on any atom is 0.248 e. The Hall–Kier alpha value is -0.220. The average Bonchev–Trinajstić information content (AvgIpc) is 2.63. The van der Waals surface area contributed by atoms with Crippen LogP contribution in [0.15, 0.2) is 0 Å². The molecule has 3 atom stereocenters. The summed E-state index contributed by atoms with van der Waals surface area (Å²) < 4.78 is 31.4. The first kappa shape index (κ1) is 14.8. The van der Waals surface area contributed by atoms with Crippen LogP contribution in [0.3, 0.4) is 0 Å². The first-order chi connectivity index (χ1) is 7.96. The summed E-state index contributed by atoms with van der Waals surface area (Å²) >= 11 is 0. The van der Waals surface area contributed by atoms with Crippen LogP contribution >= 0.6 is 0 Å². The molecule has 2 nitrogen and oxygen atoms in total. The molecular formula is C13H25F2NO. The number of rotatable bonds is 7. The van der Waals surface area contributed by atoms with Gasteiger partial charge < -0.3 is 10.1 Å². The Balaban J connectivity index is 2.27. The third kappa shape index (κ3) is 5.30. The first-order valence-corrected chi connectivity index (χ1v) is 6.54. The quantitative estimate of drug-likeness (QED) is 0.748. The van der Waals surface area contributed by atoms with E-state index in [-0.39, 0.29) is 24.9 Å². The lowest BCUT2D eigenvalue weighted by atomic mass is 9.95. The van der Waals surface area contributed by atoms with Crippen LogP contribution in [-0.2, 0) is 4.74 Å². The maximum atomic E-state index is 13.1. The molecule has 0 radical (unpaired) electrons. The molecule has 0 amide bonds. The van der Waals surface area contributed by atoms with Crippen molar-refractivity contribution in [3.05, 3.63) is 0 Å². The van der Waals surface area contributed by atoms with E-state index in [1.54, 1.807) is 7.11 Å². The molecule has 0 aromatic rings. The number of nitrogens with one attached hydrogen (secondary N) is 1. The van der Waals surface area contributed by atoms with E-state index in [1.165, 1.54) is 0 Å². The van der Waals surface area contributed by atoms with Crippen molar-refractivity contribution < 1.29 is 13.5 Å². The average molecular weight is 249 g/mol. The van der Waals surface area contributed by atoms with Crippen molar-refractivity contribution >= 4 is 0 Å². The molecule has 0 spiro atoms. The van der Waals surface area contributed by atoms with Gasteiger partial charge in [-0.1, -0.05) is 0 Å². The van der Waals surface area contributed by atoms with E-state index in [9.17, 15) is 8.78 Å². The van der Waals surface area contributed by atoms with E-state index in [0.29, 0.717) is 12.5 Å². The van der Waals surface area contributed by atoms with Crippen LogP contribution in [-0.4, -0.2) is 32.2 Å². The molecule has 1 saturated carbocycles. The fourth-order valence-electron chi connectivity index (χ4n) is 2.58. The van der Waals surface area contributed by atoms with E-state index in [1.807, 2.05) is 14.0 Å². The van der Waals surface area contributed by atoms with Crippen LogP contribution in [0.25, 0.3) is 0 Å². The van der Waals surface area contributed by atoms with E-state index in [2.05, 4.69) is 5.32 Å². The Morgan fingerprint density at radius 3 is 2.59 bits per heavy atom. The number of hydrogen-bond donors (Lipinski definition) is 1. The van der Waals surface area contributed by atoms with Gasteiger partial charge in [-0.15, -0.1) is 0 Å². The summed E-state index contributed by atoms with van der Waals surface area (Å²) in [5, 5.41) is 3.24. The molecule has 4 heteroatoms. The Bertz CT molecular complexity index is 223. The zero-order valence-corrected chi connectivity index (χ0v) is 11.1. The van der Waals surface area contributed by atoms with E-state index in [4.69, 9.17) is 4.74 Å². The molecule has 0 aromatic carbocycles. The van der Waals surface area contributed by atoms with Gasteiger partial charge in [-0.05, 0) is 45.6 Å². The summed E-state index contributed by atoms with van der Waals surface area (Å²) in [6.45, 7) is 2.04. The van der Waals surface area contributed by atoms with Gasteiger partial charge in [0.05, 0.1) is 6.10 Å². The van der Waals surface area contributed by atoms with Gasteiger partial charge in [0.2, 0.25) is 5.92 Å². The molecule has 1 N–H and O–H groups in total. The van der Waals surface area contributed by atoms with Crippen molar-refractivity contribution in [3.8, 4) is 0 Å². The van der Waals surface area contributed by atoms with Crippen molar-refractivity contribution in [2.45, 2.75) is 63.5 Å². The van der Waals surface area contributed by atoms with Gasteiger partial charge in [0.1, 0.15) is 0 Å². The monoisotopic (exact) mass is 249 g/mol. The van der Waals surface area contributed by atoms with Gasteiger partial charge >= 0.3 is 0 Å². The second-order valence-electron chi connectivity index (χ2n) is 5.31. The topological polar surface area (TPSA) is 21.3 Å². The van der Waals surface area contributed by atoms with Crippen LogP contribution in [0.1, 0.15) is 45.4 Å². The minimum absolute atomic E-state index is 0.0720. The lowest BCUT2D eigenvalue weighted by Crippen LogP contribution is -2.29. The molecule has 3 unspecified atom stereocenters. The van der Waals surface area contributed by atoms with Gasteiger partial charge in [0.15, 0.2) is 0 Å². The highest BCUT2D eigenvalue weighted by atomic mass is 19.3. The lowest BCUT2D eigenvalue weighted by molar-refractivity contribution is 0.00421. The van der Waals surface area contributed by atoms with Gasteiger partial charge in [-0.3, -0.25) is 0 Å². The highest BCUT2D eigenvalue weighted by Crippen LogP contribution is 2.41. The van der Waals surface area contributed by atoms with E-state index >= 15 is 0 Å². The summed E-state index contributed by atoms with van der Waals surface area (Å²) in [5.41, 5.74) is 0. The van der Waals surface area contributed by atoms with Crippen molar-refractivity contribution in [2.75, 3.05) is 14.2 Å². The molecule has 1 aliphatic carbocycles. The fraction of sp³-hybridized carbons (Fsp3) is 1.00. The van der Waals surface area contributed by atoms with Crippen LogP contribution in [0, 0.1) is 5.92 Å². The van der Waals surface area contributed by atoms with Crippen LogP contribution < -0.4 is 5.32 Å². The number of hydrogen-bond acceptors (Lipinski definition) is 2. The Labute approximate surface area is 103 Å².